The van der Waals surface area contributed by atoms with Crippen LogP contribution in [0.4, 0.5) is 0 Å². The smallest absolute Gasteiger partial charge is 0.0106 e. The van der Waals surface area contributed by atoms with Gasteiger partial charge in [-0.3, -0.25) is 0 Å². The number of hydrogen-bond donors (Lipinski definition) is 0. The lowest BCUT2D eigenvalue weighted by molar-refractivity contribution is 0.627. The molecule has 0 N–H and O–H groups in total. The van der Waals surface area contributed by atoms with Gasteiger partial charge in [0.15, 0.2) is 0 Å². The first kappa shape index (κ1) is 11.0. The van der Waals surface area contributed by atoms with E-state index in [4.69, 9.17) is 0 Å². The Morgan fingerprint density at radius 2 is 1.25 bits per heavy atom. The number of nitrogens with zero attached hydrogens (tertiary/aromatic N) is 1. The van der Waals surface area contributed by atoms with Crippen molar-refractivity contribution in [2.45, 2.75) is 26.7 Å². The summed E-state index contributed by atoms with van der Waals surface area (Å²) < 4.78 is 0. The van der Waals surface area contributed by atoms with Crippen molar-refractivity contribution in [1.29, 1.82) is 0 Å². The van der Waals surface area contributed by atoms with E-state index in [9.17, 15) is 0 Å². The maximum Gasteiger partial charge on any atom is 0.0106 e. The summed E-state index contributed by atoms with van der Waals surface area (Å²) in [5.41, 5.74) is 0. The Labute approximate surface area is 76.1 Å². The highest BCUT2D eigenvalue weighted by Gasteiger charge is 1.79. The molecule has 0 saturated carbocycles. The van der Waals surface area contributed by atoms with Crippen LogP contribution in [0.5, 0.6) is 0 Å². The molecule has 0 aromatic rings. The fourth-order valence-corrected chi connectivity index (χ4v) is 0.549. The average molecular weight is 165 g/mol. The van der Waals surface area contributed by atoms with E-state index in [2.05, 4.69) is 13.8 Å². The second-order valence-corrected chi connectivity index (χ2v) is 2.73. The van der Waals surface area contributed by atoms with E-state index in [1.807, 2.05) is 48.7 Å². The van der Waals surface area contributed by atoms with E-state index in [0.717, 1.165) is 0 Å². The number of allylic oxidation sites excluding steroid dienone is 4. The minimum atomic E-state index is 1.32. The molecule has 0 spiro atoms. The zero-order valence-electron chi connectivity index (χ0n) is 8.33. The van der Waals surface area contributed by atoms with Gasteiger partial charge in [0.05, 0.1) is 0 Å². The second kappa shape index (κ2) is 8.12. The molecule has 0 fully saturated rings. The molecule has 0 aromatic heterocycles. The molecule has 1 aliphatic rings. The fourth-order valence-electron chi connectivity index (χ4n) is 0.549. The van der Waals surface area contributed by atoms with Crippen LogP contribution in [0.3, 0.4) is 0 Å². The molecular formula is C11H19N. The third kappa shape index (κ3) is 7.13. The molecule has 12 heavy (non-hydrogen) atoms. The van der Waals surface area contributed by atoms with Crippen LogP contribution in [0, 0.1) is 0 Å². The monoisotopic (exact) mass is 165 g/mol. The summed E-state index contributed by atoms with van der Waals surface area (Å²) in [6.07, 6.45) is 14.6. The van der Waals surface area contributed by atoms with Crippen LogP contribution in [-0.4, -0.2) is 11.9 Å². The number of unbranched alkanes of at least 4 members (excludes halogenated alkanes) is 1. The molecule has 0 aliphatic carbocycles. The second-order valence-electron chi connectivity index (χ2n) is 2.73. The fraction of sp³-hybridized carbons (Fsp3) is 0.455. The molecule has 0 radical (unpaired) electrons. The molecule has 0 unspecified atom stereocenters. The van der Waals surface area contributed by atoms with Gasteiger partial charge in [0.25, 0.3) is 0 Å². The molecular weight excluding hydrogens is 146 g/mol. The summed E-state index contributed by atoms with van der Waals surface area (Å²) in [7, 11) is 2.00. The van der Waals surface area contributed by atoms with Crippen LogP contribution in [0.1, 0.15) is 26.7 Å². The molecule has 0 bridgehead atoms. The van der Waals surface area contributed by atoms with Gasteiger partial charge in [-0.1, -0.05) is 38.8 Å². The normalized spacial score (nSPS) is 13.8. The topological polar surface area (TPSA) is 3.24 Å². The number of hydrogen-bond acceptors (Lipinski definition) is 1. The molecule has 1 rings (SSSR count). The van der Waals surface area contributed by atoms with Crippen molar-refractivity contribution in [2.75, 3.05) is 7.05 Å². The van der Waals surface area contributed by atoms with Gasteiger partial charge in [-0.25, -0.2) is 0 Å². The van der Waals surface area contributed by atoms with E-state index in [0.29, 0.717) is 0 Å². The largest absolute Gasteiger partial charge is 0.357 e. The molecule has 1 nitrogen and oxygen atoms in total. The van der Waals surface area contributed by atoms with Crippen LogP contribution >= 0.6 is 0 Å². The highest BCUT2D eigenvalue weighted by atomic mass is 15.0. The Hall–Kier alpha value is -0.980. The third-order valence-electron chi connectivity index (χ3n) is 1.48. The van der Waals surface area contributed by atoms with Gasteiger partial charge < -0.3 is 4.90 Å². The Morgan fingerprint density at radius 1 is 0.833 bits per heavy atom. The van der Waals surface area contributed by atoms with Gasteiger partial charge >= 0.3 is 0 Å². The van der Waals surface area contributed by atoms with Gasteiger partial charge in [0.1, 0.15) is 0 Å². The Kier molecular flexibility index (Phi) is 7.46. The first-order valence-corrected chi connectivity index (χ1v) is 4.54. The van der Waals surface area contributed by atoms with Gasteiger partial charge in [0, 0.05) is 19.4 Å². The van der Waals surface area contributed by atoms with Crippen molar-refractivity contribution in [2.24, 2.45) is 0 Å². The molecule has 0 aromatic carbocycles. The SMILES string of the molecule is CCCC.CN1C=CC=CC=C1. The van der Waals surface area contributed by atoms with Gasteiger partial charge in [-0.2, -0.15) is 0 Å². The standard InChI is InChI=1S/C7H9N.C4H10/c1-8-6-4-2-3-5-7-8;1-3-4-2/h2-7H,1H3;3-4H2,1-2H3. The molecule has 0 amide bonds. The molecule has 0 saturated heterocycles. The maximum absolute atomic E-state index is 2.18. The quantitative estimate of drug-likeness (QED) is 0.576. The summed E-state index contributed by atoms with van der Waals surface area (Å²) in [4.78, 5) is 2.00. The minimum Gasteiger partial charge on any atom is -0.357 e. The summed E-state index contributed by atoms with van der Waals surface area (Å²) >= 11 is 0. The Bertz CT molecular complexity index is 148. The maximum atomic E-state index is 2.18. The molecule has 68 valence electrons. The van der Waals surface area contributed by atoms with Gasteiger partial charge in [-0.15, -0.1) is 0 Å². The van der Waals surface area contributed by atoms with E-state index in [1.54, 1.807) is 0 Å². The van der Waals surface area contributed by atoms with Gasteiger partial charge in [-0.05, 0) is 12.2 Å². The van der Waals surface area contributed by atoms with Crippen molar-refractivity contribution in [1.82, 2.24) is 4.90 Å². The van der Waals surface area contributed by atoms with Crippen LogP contribution in [0.15, 0.2) is 36.7 Å². The van der Waals surface area contributed by atoms with Crippen LogP contribution < -0.4 is 0 Å². The van der Waals surface area contributed by atoms with E-state index in [1.165, 1.54) is 12.8 Å². The molecule has 1 aliphatic heterocycles. The third-order valence-corrected chi connectivity index (χ3v) is 1.48. The van der Waals surface area contributed by atoms with Crippen molar-refractivity contribution in [3.05, 3.63) is 36.7 Å². The van der Waals surface area contributed by atoms with Crippen LogP contribution in [0.2, 0.25) is 0 Å². The Balaban J connectivity index is 0.000000261. The minimum absolute atomic E-state index is 1.32. The lowest BCUT2D eigenvalue weighted by Gasteiger charge is -2.02. The van der Waals surface area contributed by atoms with E-state index >= 15 is 0 Å². The van der Waals surface area contributed by atoms with Crippen molar-refractivity contribution in [3.8, 4) is 0 Å². The first-order chi connectivity index (χ1) is 5.81. The van der Waals surface area contributed by atoms with E-state index < -0.39 is 0 Å². The highest BCUT2D eigenvalue weighted by molar-refractivity contribution is 5.14. The van der Waals surface area contributed by atoms with Crippen molar-refractivity contribution < 1.29 is 0 Å². The molecule has 1 heteroatoms. The first-order valence-electron chi connectivity index (χ1n) is 4.54. The summed E-state index contributed by atoms with van der Waals surface area (Å²) in [6, 6.07) is 0. The summed E-state index contributed by atoms with van der Waals surface area (Å²) in [5.74, 6) is 0. The van der Waals surface area contributed by atoms with Gasteiger partial charge in [0.2, 0.25) is 0 Å². The zero-order chi connectivity index (χ0) is 9.23. The summed E-state index contributed by atoms with van der Waals surface area (Å²) in [5, 5.41) is 0. The lowest BCUT2D eigenvalue weighted by atomic mass is 10.4. The highest BCUT2D eigenvalue weighted by Crippen LogP contribution is 1.92. The zero-order valence-corrected chi connectivity index (χ0v) is 8.33. The average Bonchev–Trinajstić information content (AvgIpc) is 2.33. The summed E-state index contributed by atoms with van der Waals surface area (Å²) in [6.45, 7) is 4.36. The van der Waals surface area contributed by atoms with Crippen molar-refractivity contribution in [3.63, 3.8) is 0 Å². The predicted molar refractivity (Wildman–Crippen MR) is 55.8 cm³/mol. The van der Waals surface area contributed by atoms with E-state index in [-0.39, 0.29) is 0 Å². The lowest BCUT2D eigenvalue weighted by Crippen LogP contribution is -1.97. The van der Waals surface area contributed by atoms with Crippen molar-refractivity contribution >= 4 is 0 Å². The Morgan fingerprint density at radius 3 is 1.58 bits per heavy atom. The predicted octanol–water partition coefficient (Wildman–Crippen LogP) is 3.32. The molecule has 1 heterocycles. The molecule has 0 atom stereocenters. The van der Waals surface area contributed by atoms with Crippen LogP contribution in [-0.2, 0) is 0 Å². The number of rotatable bonds is 1. The van der Waals surface area contributed by atoms with Crippen LogP contribution in [0.25, 0.3) is 0 Å².